The predicted molar refractivity (Wildman–Crippen MR) is 131 cm³/mol. The Labute approximate surface area is 195 Å². The quantitative estimate of drug-likeness (QED) is 0.536. The molecule has 5 rings (SSSR count). The Morgan fingerprint density at radius 1 is 1.00 bits per heavy atom. The van der Waals surface area contributed by atoms with E-state index in [0.717, 1.165) is 78.2 Å². The average molecular weight is 440 g/mol. The van der Waals surface area contributed by atoms with Gasteiger partial charge in [-0.2, -0.15) is 5.26 Å². The molecule has 0 radical (unpaired) electrons. The molecule has 6 nitrogen and oxygen atoms in total. The molecule has 1 aliphatic heterocycles. The van der Waals surface area contributed by atoms with E-state index in [1.54, 1.807) is 6.20 Å². The number of anilines is 3. The second-order valence-electron chi connectivity index (χ2n) is 8.88. The van der Waals surface area contributed by atoms with Crippen molar-refractivity contribution in [1.82, 2.24) is 9.97 Å². The number of hydrogen-bond acceptors (Lipinski definition) is 6. The van der Waals surface area contributed by atoms with E-state index < -0.39 is 0 Å². The first-order valence-electron chi connectivity index (χ1n) is 11.8. The van der Waals surface area contributed by atoms with Crippen LogP contribution in [-0.2, 0) is 11.2 Å². The van der Waals surface area contributed by atoms with Gasteiger partial charge in [-0.15, -0.1) is 0 Å². The first-order valence-corrected chi connectivity index (χ1v) is 11.8. The third-order valence-corrected chi connectivity index (χ3v) is 6.75. The topological polar surface area (TPSA) is 74.1 Å². The van der Waals surface area contributed by atoms with E-state index in [0.29, 0.717) is 0 Å². The molecule has 0 bridgehead atoms. The van der Waals surface area contributed by atoms with Crippen LogP contribution >= 0.6 is 0 Å². The zero-order valence-electron chi connectivity index (χ0n) is 18.8. The number of pyridine rings is 2. The number of aryl methyl sites for hydroxylation is 1. The van der Waals surface area contributed by atoms with Crippen molar-refractivity contribution in [3.05, 3.63) is 66.0 Å². The molecule has 3 aromatic rings. The van der Waals surface area contributed by atoms with Crippen molar-refractivity contribution in [2.75, 3.05) is 36.5 Å². The van der Waals surface area contributed by atoms with E-state index in [1.807, 2.05) is 30.5 Å². The highest BCUT2D eigenvalue weighted by molar-refractivity contribution is 5.70. The molecule has 0 unspecified atom stereocenters. The van der Waals surface area contributed by atoms with Gasteiger partial charge in [0.15, 0.2) is 0 Å². The van der Waals surface area contributed by atoms with Gasteiger partial charge in [0.1, 0.15) is 11.6 Å². The van der Waals surface area contributed by atoms with Crippen molar-refractivity contribution in [1.29, 1.82) is 5.26 Å². The monoisotopic (exact) mass is 439 g/mol. The van der Waals surface area contributed by atoms with E-state index in [-0.39, 0.29) is 0 Å². The highest BCUT2D eigenvalue weighted by Crippen LogP contribution is 2.32. The fourth-order valence-corrected chi connectivity index (χ4v) is 4.50. The summed E-state index contributed by atoms with van der Waals surface area (Å²) < 4.78 is 5.42. The van der Waals surface area contributed by atoms with Gasteiger partial charge in [0.2, 0.25) is 0 Å². The van der Waals surface area contributed by atoms with E-state index in [9.17, 15) is 5.26 Å². The number of nitrogens with zero attached hydrogens (tertiary/aromatic N) is 4. The van der Waals surface area contributed by atoms with Crippen LogP contribution in [0.25, 0.3) is 11.1 Å². The third kappa shape index (κ3) is 5.15. The molecule has 1 saturated carbocycles. The van der Waals surface area contributed by atoms with Gasteiger partial charge in [0, 0.05) is 19.3 Å². The second kappa shape index (κ2) is 10.0. The molecule has 1 saturated heterocycles. The van der Waals surface area contributed by atoms with Gasteiger partial charge >= 0.3 is 0 Å². The van der Waals surface area contributed by atoms with Crippen LogP contribution < -0.4 is 10.2 Å². The maximum absolute atomic E-state index is 9.70. The normalized spacial score (nSPS) is 16.2. The van der Waals surface area contributed by atoms with Crippen molar-refractivity contribution in [3.63, 3.8) is 0 Å². The number of morpholine rings is 1. The third-order valence-electron chi connectivity index (χ3n) is 6.75. The predicted octanol–water partition coefficient (Wildman–Crippen LogP) is 5.33. The molecule has 2 aromatic heterocycles. The molecule has 6 heteroatoms. The molecule has 0 amide bonds. The minimum Gasteiger partial charge on any atom is -0.378 e. The van der Waals surface area contributed by atoms with Crippen molar-refractivity contribution in [3.8, 4) is 17.2 Å². The summed E-state index contributed by atoms with van der Waals surface area (Å²) in [6.45, 7) is 3.29. The number of ether oxygens (including phenoxy) is 1. The van der Waals surface area contributed by atoms with Gasteiger partial charge in [-0.25, -0.2) is 9.97 Å². The number of nitriles is 1. The molecule has 0 atom stereocenters. The largest absolute Gasteiger partial charge is 0.378 e. The van der Waals surface area contributed by atoms with Crippen molar-refractivity contribution in [2.45, 2.75) is 32.1 Å². The van der Waals surface area contributed by atoms with E-state index in [4.69, 9.17) is 4.74 Å². The summed E-state index contributed by atoms with van der Waals surface area (Å²) in [6, 6.07) is 16.7. The lowest BCUT2D eigenvalue weighted by Gasteiger charge is -2.28. The average Bonchev–Trinajstić information content (AvgIpc) is 2.84. The summed E-state index contributed by atoms with van der Waals surface area (Å²) >= 11 is 0. The van der Waals surface area contributed by atoms with Gasteiger partial charge in [-0.05, 0) is 65.8 Å². The van der Waals surface area contributed by atoms with Crippen LogP contribution in [0.15, 0.2) is 54.9 Å². The summed E-state index contributed by atoms with van der Waals surface area (Å²) in [4.78, 5) is 11.3. The van der Waals surface area contributed by atoms with Gasteiger partial charge in [-0.1, -0.05) is 31.4 Å². The van der Waals surface area contributed by atoms with Gasteiger partial charge in [0.25, 0.3) is 0 Å². The number of hydrogen-bond donors (Lipinski definition) is 1. The molecule has 0 spiro atoms. The Bertz CT molecular complexity index is 1130. The minimum absolute atomic E-state index is 0.728. The molecular formula is C27H29N5O. The molecule has 2 fully saturated rings. The summed E-state index contributed by atoms with van der Waals surface area (Å²) in [5.41, 5.74) is 5.09. The molecule has 33 heavy (non-hydrogen) atoms. The molecular weight excluding hydrogens is 410 g/mol. The maximum atomic E-state index is 9.70. The molecule has 1 aromatic carbocycles. The summed E-state index contributed by atoms with van der Waals surface area (Å²) in [5.74, 6) is 2.33. The van der Waals surface area contributed by atoms with Gasteiger partial charge < -0.3 is 15.0 Å². The number of nitrogens with one attached hydrogen (secondary N) is 1. The highest BCUT2D eigenvalue weighted by atomic mass is 16.5. The Morgan fingerprint density at radius 2 is 1.85 bits per heavy atom. The van der Waals surface area contributed by atoms with Gasteiger partial charge in [0.05, 0.1) is 36.7 Å². The van der Waals surface area contributed by atoms with Crippen molar-refractivity contribution < 1.29 is 4.74 Å². The lowest BCUT2D eigenvalue weighted by atomic mass is 9.81. The molecule has 1 N–H and O–H groups in total. The number of aromatic nitrogens is 2. The first-order chi connectivity index (χ1) is 16.3. The Morgan fingerprint density at radius 3 is 2.58 bits per heavy atom. The van der Waals surface area contributed by atoms with E-state index in [2.05, 4.69) is 44.5 Å². The molecule has 1 aliphatic carbocycles. The van der Waals surface area contributed by atoms with Crippen LogP contribution in [0.5, 0.6) is 0 Å². The van der Waals surface area contributed by atoms with Crippen LogP contribution in [-0.4, -0.2) is 36.3 Å². The first kappa shape index (κ1) is 21.4. The van der Waals surface area contributed by atoms with Crippen LogP contribution in [0.4, 0.5) is 17.3 Å². The molecule has 2 aliphatic rings. The SMILES string of the molecule is N#Cc1cc(-c2ccnc(Nc3ccc(N4CCOCC4)cn3)c2)ccc1CCC1CCC1. The van der Waals surface area contributed by atoms with Gasteiger partial charge in [-0.3, -0.25) is 0 Å². The lowest BCUT2D eigenvalue weighted by Crippen LogP contribution is -2.36. The van der Waals surface area contributed by atoms with Crippen LogP contribution in [0.1, 0.15) is 36.8 Å². The van der Waals surface area contributed by atoms with Crippen LogP contribution in [0.2, 0.25) is 0 Å². The zero-order valence-corrected chi connectivity index (χ0v) is 18.8. The van der Waals surface area contributed by atoms with E-state index >= 15 is 0 Å². The maximum Gasteiger partial charge on any atom is 0.132 e. The minimum atomic E-state index is 0.728. The smallest absolute Gasteiger partial charge is 0.132 e. The number of benzene rings is 1. The van der Waals surface area contributed by atoms with Crippen LogP contribution in [0, 0.1) is 17.2 Å². The summed E-state index contributed by atoms with van der Waals surface area (Å²) in [7, 11) is 0. The highest BCUT2D eigenvalue weighted by Gasteiger charge is 2.18. The number of rotatable bonds is 7. The lowest BCUT2D eigenvalue weighted by molar-refractivity contribution is 0.122. The summed E-state index contributed by atoms with van der Waals surface area (Å²) in [5, 5.41) is 13.0. The molecule has 3 heterocycles. The summed E-state index contributed by atoms with van der Waals surface area (Å²) in [6.07, 6.45) is 9.91. The standard InChI is InChI=1S/C27H29N5O/c28-18-24-16-22(7-6-21(24)5-4-20-2-1-3-20)23-10-11-29-27(17-23)31-26-9-8-25(19-30-26)32-12-14-33-15-13-32/h6-11,16-17,19-20H,1-5,12-15H2,(H,29,30,31). The Balaban J connectivity index is 1.28. The van der Waals surface area contributed by atoms with E-state index in [1.165, 1.54) is 25.7 Å². The second-order valence-corrected chi connectivity index (χ2v) is 8.88. The van der Waals surface area contributed by atoms with Crippen LogP contribution in [0.3, 0.4) is 0 Å². The fraction of sp³-hybridized carbons (Fsp3) is 0.370. The molecule has 168 valence electrons. The van der Waals surface area contributed by atoms with Crippen molar-refractivity contribution >= 4 is 17.3 Å². The zero-order chi connectivity index (χ0) is 22.5. The Hall–Kier alpha value is -3.43. The fourth-order valence-electron chi connectivity index (χ4n) is 4.50. The Kier molecular flexibility index (Phi) is 6.50. The van der Waals surface area contributed by atoms with Crippen molar-refractivity contribution in [2.24, 2.45) is 5.92 Å².